The number of piperidine rings is 1. The van der Waals surface area contributed by atoms with Crippen molar-refractivity contribution in [3.8, 4) is 0 Å². The van der Waals surface area contributed by atoms with Crippen LogP contribution < -0.4 is 10.2 Å². The van der Waals surface area contributed by atoms with Crippen LogP contribution in [0.4, 0.5) is 10.1 Å². The van der Waals surface area contributed by atoms with E-state index in [0.29, 0.717) is 31.0 Å². The van der Waals surface area contributed by atoms with E-state index in [1.807, 2.05) is 29.2 Å². The summed E-state index contributed by atoms with van der Waals surface area (Å²) in [6.07, 6.45) is 6.31. The summed E-state index contributed by atoms with van der Waals surface area (Å²) in [6, 6.07) is 7.58. The van der Waals surface area contributed by atoms with Crippen molar-refractivity contribution in [2.24, 2.45) is 0 Å². The Hall–Kier alpha value is -2.51. The summed E-state index contributed by atoms with van der Waals surface area (Å²) in [4.78, 5) is 24.7. The van der Waals surface area contributed by atoms with Crippen molar-refractivity contribution in [1.82, 2.24) is 19.9 Å². The molecule has 0 aliphatic carbocycles. The average Bonchev–Trinajstić information content (AvgIpc) is 3.23. The van der Waals surface area contributed by atoms with Crippen LogP contribution in [0.3, 0.4) is 0 Å². The predicted molar refractivity (Wildman–Crippen MR) is 119 cm³/mol. The van der Waals surface area contributed by atoms with Crippen LogP contribution in [-0.4, -0.2) is 40.2 Å². The Morgan fingerprint density at radius 2 is 2.03 bits per heavy atom. The molecule has 0 atom stereocenters. The van der Waals surface area contributed by atoms with E-state index in [9.17, 15) is 9.18 Å². The molecule has 8 heteroatoms. The number of halogens is 2. The van der Waals surface area contributed by atoms with Gasteiger partial charge in [0.05, 0.1) is 41.6 Å². The number of imidazole rings is 1. The molecule has 1 fully saturated rings. The number of benzene rings is 1. The summed E-state index contributed by atoms with van der Waals surface area (Å²) in [6.45, 7) is 2.29. The van der Waals surface area contributed by atoms with Gasteiger partial charge in [0.1, 0.15) is 5.82 Å². The average molecular weight is 442 g/mol. The Labute approximate surface area is 185 Å². The monoisotopic (exact) mass is 441 g/mol. The number of aryl methyl sites for hydroxylation is 1. The van der Waals surface area contributed by atoms with Gasteiger partial charge in [-0.2, -0.15) is 0 Å². The fraction of sp³-hybridized carbons (Fsp3) is 0.435. The molecule has 1 spiro atoms. The minimum absolute atomic E-state index is 0.123. The first-order chi connectivity index (χ1) is 15.1. The second-order valence-corrected chi connectivity index (χ2v) is 8.76. The second-order valence-electron chi connectivity index (χ2n) is 8.33. The number of nitrogens with zero attached hydrogens (tertiary/aromatic N) is 4. The number of hydrogen-bond acceptors (Lipinski definition) is 4. The maximum absolute atomic E-state index is 13.7. The lowest BCUT2D eigenvalue weighted by Crippen LogP contribution is -2.47. The number of pyridine rings is 1. The molecule has 5 rings (SSSR count). The molecule has 0 unspecified atom stereocenters. The molecule has 6 nitrogen and oxygen atoms in total. The number of nitrogens with one attached hydrogen (secondary N) is 1. The Morgan fingerprint density at radius 1 is 1.19 bits per heavy atom. The summed E-state index contributed by atoms with van der Waals surface area (Å²) in [5.74, 6) is 0.905. The third-order valence-electron chi connectivity index (χ3n) is 6.57. The van der Waals surface area contributed by atoms with E-state index >= 15 is 0 Å². The van der Waals surface area contributed by atoms with Gasteiger partial charge in [0, 0.05) is 17.8 Å². The van der Waals surface area contributed by atoms with Crippen LogP contribution in [0.25, 0.3) is 11.0 Å². The molecule has 2 aliphatic rings. The summed E-state index contributed by atoms with van der Waals surface area (Å²) < 4.78 is 14.8. The van der Waals surface area contributed by atoms with E-state index < -0.39 is 5.41 Å². The minimum Gasteiger partial charge on any atom is -0.326 e. The van der Waals surface area contributed by atoms with Gasteiger partial charge in [0.15, 0.2) is 0 Å². The highest BCUT2D eigenvalue weighted by Crippen LogP contribution is 2.47. The van der Waals surface area contributed by atoms with Crippen LogP contribution in [0.1, 0.15) is 37.1 Å². The third kappa shape index (κ3) is 3.40. The standard InChI is InChI=1S/C23H25ClFN5O/c24-16-3-4-18-19(13-16)29(12-2-1-8-25)21(28-18)15-30-20-14-27-9-5-17(20)23(22(30)31)6-10-26-11-7-23/h3-5,9,13-14,26H,1-2,6-8,10-12,15H2. The molecule has 0 saturated carbocycles. The number of carbonyl (C=O) groups excluding carboxylic acids is 1. The fourth-order valence-corrected chi connectivity index (χ4v) is 5.17. The number of rotatable bonds is 6. The molecular weight excluding hydrogens is 417 g/mol. The SMILES string of the molecule is O=C1N(Cc2nc3ccc(Cl)cc3n2CCCCF)c2cnccc2C12CCNCC2. The largest absolute Gasteiger partial charge is 0.326 e. The van der Waals surface area contributed by atoms with Crippen LogP contribution in [-0.2, 0) is 23.3 Å². The third-order valence-corrected chi connectivity index (χ3v) is 6.81. The molecule has 0 radical (unpaired) electrons. The van der Waals surface area contributed by atoms with Gasteiger partial charge in [-0.3, -0.25) is 14.2 Å². The van der Waals surface area contributed by atoms with Crippen LogP contribution in [0, 0.1) is 0 Å². The van der Waals surface area contributed by atoms with E-state index in [1.54, 1.807) is 12.4 Å². The van der Waals surface area contributed by atoms with Gasteiger partial charge in [-0.25, -0.2) is 4.98 Å². The lowest BCUT2D eigenvalue weighted by molar-refractivity contribution is -0.124. The zero-order valence-electron chi connectivity index (χ0n) is 17.3. The summed E-state index contributed by atoms with van der Waals surface area (Å²) in [5, 5.41) is 4.00. The van der Waals surface area contributed by atoms with Crippen LogP contribution in [0.5, 0.6) is 0 Å². The van der Waals surface area contributed by atoms with Gasteiger partial charge in [0.2, 0.25) is 5.91 Å². The number of amides is 1. The number of unbranched alkanes of at least 4 members (excludes halogenated alkanes) is 1. The quantitative estimate of drug-likeness (QED) is 0.587. The summed E-state index contributed by atoms with van der Waals surface area (Å²) in [5.41, 5.74) is 3.19. The Kier molecular flexibility index (Phi) is 5.40. The molecule has 1 N–H and O–H groups in total. The molecule has 1 saturated heterocycles. The van der Waals surface area contributed by atoms with Crippen molar-refractivity contribution in [1.29, 1.82) is 0 Å². The Balaban J connectivity index is 1.55. The maximum atomic E-state index is 13.7. The van der Waals surface area contributed by atoms with Gasteiger partial charge < -0.3 is 14.8 Å². The van der Waals surface area contributed by atoms with E-state index in [1.165, 1.54) is 0 Å². The Bertz CT molecular complexity index is 1120. The normalized spacial score (nSPS) is 17.6. The van der Waals surface area contributed by atoms with E-state index in [-0.39, 0.29) is 12.6 Å². The van der Waals surface area contributed by atoms with Crippen molar-refractivity contribution in [3.05, 3.63) is 53.1 Å². The van der Waals surface area contributed by atoms with Gasteiger partial charge in [-0.05, 0) is 68.6 Å². The number of anilines is 1. The highest BCUT2D eigenvalue weighted by Gasteiger charge is 2.51. The highest BCUT2D eigenvalue weighted by molar-refractivity contribution is 6.31. The number of fused-ring (bicyclic) bond motifs is 3. The lowest BCUT2D eigenvalue weighted by atomic mass is 9.74. The molecule has 1 amide bonds. The van der Waals surface area contributed by atoms with Crippen molar-refractivity contribution >= 4 is 34.2 Å². The second kappa shape index (κ2) is 8.20. The molecular formula is C23H25ClFN5O. The number of hydrogen-bond donors (Lipinski definition) is 1. The first kappa shape index (κ1) is 20.4. The first-order valence-corrected chi connectivity index (χ1v) is 11.2. The minimum atomic E-state index is -0.488. The van der Waals surface area contributed by atoms with Crippen molar-refractivity contribution < 1.29 is 9.18 Å². The molecule has 31 heavy (non-hydrogen) atoms. The van der Waals surface area contributed by atoms with Crippen LogP contribution in [0.2, 0.25) is 5.02 Å². The van der Waals surface area contributed by atoms with Crippen LogP contribution in [0.15, 0.2) is 36.7 Å². The number of carbonyl (C=O) groups is 1. The van der Waals surface area contributed by atoms with Crippen molar-refractivity contribution in [2.45, 2.75) is 44.2 Å². The highest BCUT2D eigenvalue weighted by atomic mass is 35.5. The lowest BCUT2D eigenvalue weighted by Gasteiger charge is -2.33. The van der Waals surface area contributed by atoms with E-state index in [4.69, 9.17) is 16.6 Å². The Morgan fingerprint density at radius 3 is 2.84 bits per heavy atom. The molecule has 0 bridgehead atoms. The van der Waals surface area contributed by atoms with Gasteiger partial charge in [-0.15, -0.1) is 0 Å². The van der Waals surface area contributed by atoms with E-state index in [2.05, 4.69) is 14.9 Å². The number of aromatic nitrogens is 3. The molecule has 1 aromatic carbocycles. The van der Waals surface area contributed by atoms with E-state index in [0.717, 1.165) is 54.0 Å². The molecule has 3 aromatic rings. The van der Waals surface area contributed by atoms with Crippen LogP contribution >= 0.6 is 11.6 Å². The zero-order valence-corrected chi connectivity index (χ0v) is 18.0. The smallest absolute Gasteiger partial charge is 0.238 e. The number of alkyl halides is 1. The van der Waals surface area contributed by atoms with Gasteiger partial charge >= 0.3 is 0 Å². The van der Waals surface area contributed by atoms with Gasteiger partial charge in [-0.1, -0.05) is 11.6 Å². The fourth-order valence-electron chi connectivity index (χ4n) is 5.00. The molecule has 2 aromatic heterocycles. The zero-order chi connectivity index (χ0) is 21.4. The topological polar surface area (TPSA) is 63.1 Å². The molecule has 162 valence electrons. The predicted octanol–water partition coefficient (Wildman–Crippen LogP) is 4.00. The van der Waals surface area contributed by atoms with Crippen molar-refractivity contribution in [3.63, 3.8) is 0 Å². The maximum Gasteiger partial charge on any atom is 0.238 e. The van der Waals surface area contributed by atoms with Crippen molar-refractivity contribution in [2.75, 3.05) is 24.7 Å². The molecule has 2 aliphatic heterocycles. The summed E-state index contributed by atoms with van der Waals surface area (Å²) in [7, 11) is 0. The first-order valence-electron chi connectivity index (χ1n) is 10.8. The van der Waals surface area contributed by atoms with Gasteiger partial charge in [0.25, 0.3) is 0 Å². The summed E-state index contributed by atoms with van der Waals surface area (Å²) >= 11 is 6.24. The molecule has 4 heterocycles.